The summed E-state index contributed by atoms with van der Waals surface area (Å²) in [4.78, 5) is 12.0. The molecule has 0 aliphatic rings. The Morgan fingerprint density at radius 1 is 0.917 bits per heavy atom. The molecule has 4 nitrogen and oxygen atoms in total. The molecule has 1 aromatic rings. The molecule has 7 heteroatoms. The lowest BCUT2D eigenvalue weighted by atomic mass is 10.2. The highest BCUT2D eigenvalue weighted by Gasteiger charge is 2.09. The van der Waals surface area contributed by atoms with Gasteiger partial charge in [0.25, 0.3) is 0 Å². The van der Waals surface area contributed by atoms with E-state index in [-0.39, 0.29) is 18.2 Å². The number of allylic oxidation sites excluding steroid dienone is 9. The summed E-state index contributed by atoms with van der Waals surface area (Å²) in [5.74, 6) is -0.223. The molecule has 196 valence electrons. The van der Waals surface area contributed by atoms with Crippen LogP contribution >= 0.6 is 26.9 Å². The predicted octanol–water partition coefficient (Wildman–Crippen LogP) is 8.37. The SMILES string of the molecule is CC/C=C\C/C=C\CC(/C=C\C=C/C/C=C\C=C\C(CCC(=O)OCc1ccccc1)OP)OPP. The Morgan fingerprint density at radius 3 is 2.25 bits per heavy atom. The standard InChI is InChI=1S/C29H41O4P3/c1-2-3-4-5-9-16-21-28(33-36-35)22-17-11-8-6-7-10-15-20-27(32-34)23-24-29(30)31-25-26-18-13-12-14-19-26/h3-4,7-20,22,27-28,36H,2,5-6,21,23-25,34-35H2,1H3/b4-3-,10-7-,11-8-,16-9-,20-15+,22-17-. The average molecular weight is 547 g/mol. The highest BCUT2D eigenvalue weighted by molar-refractivity contribution is 8.00. The van der Waals surface area contributed by atoms with Gasteiger partial charge in [-0.1, -0.05) is 119 Å². The van der Waals surface area contributed by atoms with Crippen molar-refractivity contribution in [1.82, 2.24) is 0 Å². The number of carbonyl (C=O) groups excluding carboxylic acids is 1. The first kappa shape index (κ1) is 32.4. The number of hydrogen-bond acceptors (Lipinski definition) is 4. The molecule has 5 atom stereocenters. The number of esters is 1. The molecule has 0 aliphatic heterocycles. The van der Waals surface area contributed by atoms with Crippen LogP contribution in [0.1, 0.15) is 51.0 Å². The summed E-state index contributed by atoms with van der Waals surface area (Å²) in [6, 6.07) is 9.67. The number of hydrogen-bond donors (Lipinski definition) is 0. The molecule has 0 N–H and O–H groups in total. The lowest BCUT2D eigenvalue weighted by molar-refractivity contribution is -0.145. The molecule has 0 amide bonds. The van der Waals surface area contributed by atoms with Crippen LogP contribution in [-0.4, -0.2) is 18.2 Å². The van der Waals surface area contributed by atoms with Crippen LogP contribution in [-0.2, 0) is 25.2 Å². The van der Waals surface area contributed by atoms with Gasteiger partial charge < -0.3 is 13.8 Å². The Bertz CT molecular complexity index is 861. The minimum Gasteiger partial charge on any atom is -0.461 e. The number of benzene rings is 1. The van der Waals surface area contributed by atoms with E-state index in [9.17, 15) is 4.79 Å². The second-order valence-corrected chi connectivity index (χ2v) is 9.27. The van der Waals surface area contributed by atoms with E-state index >= 15 is 0 Å². The minimum absolute atomic E-state index is 0.0924. The first-order chi connectivity index (χ1) is 17.7. The Labute approximate surface area is 224 Å². The highest BCUT2D eigenvalue weighted by Crippen LogP contribution is 2.25. The zero-order chi connectivity index (χ0) is 26.1. The lowest BCUT2D eigenvalue weighted by Gasteiger charge is -2.10. The van der Waals surface area contributed by atoms with E-state index in [1.54, 1.807) is 0 Å². The number of rotatable bonds is 19. The van der Waals surface area contributed by atoms with Crippen molar-refractivity contribution in [3.05, 3.63) is 109 Å². The molecule has 0 aliphatic carbocycles. The molecule has 5 unspecified atom stereocenters. The topological polar surface area (TPSA) is 44.8 Å². The van der Waals surface area contributed by atoms with Gasteiger partial charge in [0.15, 0.2) is 0 Å². The van der Waals surface area contributed by atoms with E-state index in [1.807, 2.05) is 60.7 Å². The fourth-order valence-electron chi connectivity index (χ4n) is 2.97. The molecule has 0 saturated carbocycles. The van der Waals surface area contributed by atoms with Gasteiger partial charge in [-0.3, -0.25) is 4.79 Å². The molecule has 0 radical (unpaired) electrons. The Balaban J connectivity index is 2.27. The molecule has 0 bridgehead atoms. The maximum Gasteiger partial charge on any atom is 0.306 e. The molecule has 0 spiro atoms. The van der Waals surface area contributed by atoms with Gasteiger partial charge in [-0.2, -0.15) is 0 Å². The van der Waals surface area contributed by atoms with Crippen molar-refractivity contribution in [2.75, 3.05) is 0 Å². The quantitative estimate of drug-likeness (QED) is 0.0757. The largest absolute Gasteiger partial charge is 0.461 e. The molecule has 1 rings (SSSR count). The zero-order valence-corrected chi connectivity index (χ0v) is 24.5. The van der Waals surface area contributed by atoms with E-state index in [1.165, 1.54) is 0 Å². The van der Waals surface area contributed by atoms with E-state index in [4.69, 9.17) is 13.8 Å². The van der Waals surface area contributed by atoms with Crippen LogP contribution in [0.25, 0.3) is 0 Å². The maximum absolute atomic E-state index is 12.0. The predicted molar refractivity (Wildman–Crippen MR) is 162 cm³/mol. The summed E-state index contributed by atoms with van der Waals surface area (Å²) in [5, 5.41) is 0. The Hall–Kier alpha value is -1.66. The summed E-state index contributed by atoms with van der Waals surface area (Å²) in [6.07, 6.45) is 29.5. The fourth-order valence-corrected chi connectivity index (χ4v) is 4.07. The first-order valence-electron chi connectivity index (χ1n) is 12.3. The van der Waals surface area contributed by atoms with Crippen LogP contribution in [0, 0.1) is 0 Å². The second kappa shape index (κ2) is 23.7. The summed E-state index contributed by atoms with van der Waals surface area (Å²) >= 11 is 0. The van der Waals surface area contributed by atoms with Gasteiger partial charge in [0.2, 0.25) is 0 Å². The number of carbonyl (C=O) groups is 1. The second-order valence-electron chi connectivity index (χ2n) is 7.82. The van der Waals surface area contributed by atoms with Gasteiger partial charge in [0.1, 0.15) is 6.61 Å². The molecule has 0 saturated heterocycles. The van der Waals surface area contributed by atoms with Crippen molar-refractivity contribution < 1.29 is 18.6 Å². The van der Waals surface area contributed by atoms with Crippen molar-refractivity contribution in [2.24, 2.45) is 0 Å². The van der Waals surface area contributed by atoms with Gasteiger partial charge in [0.05, 0.1) is 12.2 Å². The smallest absolute Gasteiger partial charge is 0.306 e. The van der Waals surface area contributed by atoms with Crippen molar-refractivity contribution in [1.29, 1.82) is 0 Å². The van der Waals surface area contributed by atoms with Gasteiger partial charge in [-0.25, -0.2) is 0 Å². The van der Waals surface area contributed by atoms with E-state index in [0.717, 1.165) is 31.2 Å². The molecular weight excluding hydrogens is 505 g/mol. The number of ether oxygens (including phenoxy) is 1. The lowest BCUT2D eigenvalue weighted by Crippen LogP contribution is -2.10. The monoisotopic (exact) mass is 546 g/mol. The van der Waals surface area contributed by atoms with Crippen LogP contribution in [0.5, 0.6) is 0 Å². The third-order valence-electron chi connectivity index (χ3n) is 4.90. The van der Waals surface area contributed by atoms with Crippen molar-refractivity contribution in [2.45, 2.75) is 64.3 Å². The average Bonchev–Trinajstić information content (AvgIpc) is 2.90. The first-order valence-corrected chi connectivity index (χ1v) is 15.5. The molecule has 0 fully saturated rings. The van der Waals surface area contributed by atoms with Crippen LogP contribution in [0.3, 0.4) is 0 Å². The zero-order valence-electron chi connectivity index (χ0n) is 21.2. The van der Waals surface area contributed by atoms with E-state index in [0.29, 0.717) is 27.9 Å². The Morgan fingerprint density at radius 2 is 1.58 bits per heavy atom. The van der Waals surface area contributed by atoms with Crippen molar-refractivity contribution in [3.8, 4) is 0 Å². The molecule has 0 heterocycles. The van der Waals surface area contributed by atoms with Crippen molar-refractivity contribution in [3.63, 3.8) is 0 Å². The van der Waals surface area contributed by atoms with E-state index in [2.05, 4.69) is 67.9 Å². The van der Waals surface area contributed by atoms with Gasteiger partial charge in [-0.15, -0.1) is 0 Å². The highest BCUT2D eigenvalue weighted by atomic mass is 32.0. The summed E-state index contributed by atoms with van der Waals surface area (Å²) in [7, 11) is 5.29. The fraction of sp³-hybridized carbons (Fsp3) is 0.345. The molecule has 36 heavy (non-hydrogen) atoms. The molecule has 1 aromatic carbocycles. The molecule has 0 aromatic heterocycles. The third kappa shape index (κ3) is 18.6. The van der Waals surface area contributed by atoms with Crippen LogP contribution in [0.2, 0.25) is 0 Å². The Kier molecular flexibility index (Phi) is 21.3. The normalized spacial score (nSPS) is 14.6. The molecular formula is C29H41O4P3. The van der Waals surface area contributed by atoms with Crippen LogP contribution in [0.15, 0.2) is 103 Å². The summed E-state index contributed by atoms with van der Waals surface area (Å²) in [5.41, 5.74) is 0.982. The van der Waals surface area contributed by atoms with Gasteiger partial charge in [0, 0.05) is 24.4 Å². The van der Waals surface area contributed by atoms with Crippen LogP contribution in [0.4, 0.5) is 0 Å². The maximum atomic E-state index is 12.0. The van der Waals surface area contributed by atoms with Gasteiger partial charge >= 0.3 is 5.97 Å². The van der Waals surface area contributed by atoms with Gasteiger partial charge in [-0.05, 0) is 37.7 Å². The van der Waals surface area contributed by atoms with Crippen molar-refractivity contribution >= 4 is 32.9 Å². The third-order valence-corrected chi connectivity index (χ3v) is 6.09. The summed E-state index contributed by atoms with van der Waals surface area (Å²) in [6.45, 7) is 2.44. The van der Waals surface area contributed by atoms with E-state index < -0.39 is 0 Å². The van der Waals surface area contributed by atoms with Crippen LogP contribution < -0.4 is 0 Å². The minimum atomic E-state index is -0.223. The summed E-state index contributed by atoms with van der Waals surface area (Å²) < 4.78 is 16.4.